The smallest absolute Gasteiger partial charge is 0.394 e. The van der Waals surface area contributed by atoms with Crippen LogP contribution >= 0.6 is 0 Å². The van der Waals surface area contributed by atoms with Crippen molar-refractivity contribution in [3.63, 3.8) is 0 Å². The summed E-state index contributed by atoms with van der Waals surface area (Å²) in [6.07, 6.45) is 5.76. The molecule has 2 aromatic rings. The predicted molar refractivity (Wildman–Crippen MR) is 110 cm³/mol. The summed E-state index contributed by atoms with van der Waals surface area (Å²) in [5, 5.41) is 12.1. The van der Waals surface area contributed by atoms with Crippen molar-refractivity contribution in [2.75, 3.05) is 13.1 Å². The Morgan fingerprint density at radius 1 is 1.21 bits per heavy atom. The van der Waals surface area contributed by atoms with Crippen molar-refractivity contribution >= 4 is 21.3 Å². The van der Waals surface area contributed by atoms with Gasteiger partial charge in [-0.25, -0.2) is 0 Å². The number of para-hydroxylation sites is 1. The van der Waals surface area contributed by atoms with E-state index < -0.39 is 16.5 Å². The number of hydrogen-bond acceptors (Lipinski definition) is 5. The zero-order chi connectivity index (χ0) is 19.6. The summed E-state index contributed by atoms with van der Waals surface area (Å²) in [5.74, 6) is 1.27. The molecule has 0 aliphatic carbocycles. The van der Waals surface area contributed by atoms with E-state index in [0.717, 1.165) is 36.0 Å². The SMILES string of the molecule is C=C[C@H]1CN2CC[C@H]1C[C@H]2[C@H](O)c1ccnc2ccccc12.O.O.O=S(=O)(O)O. The van der Waals surface area contributed by atoms with Gasteiger partial charge in [-0.15, -0.1) is 6.58 Å². The second-order valence-corrected chi connectivity index (χ2v) is 7.95. The van der Waals surface area contributed by atoms with Gasteiger partial charge in [0.2, 0.25) is 0 Å². The molecule has 3 aliphatic heterocycles. The summed E-state index contributed by atoms with van der Waals surface area (Å²) in [7, 11) is -4.67. The maximum atomic E-state index is 11.0. The van der Waals surface area contributed by atoms with Gasteiger partial charge in [0.05, 0.1) is 11.6 Å². The van der Waals surface area contributed by atoms with E-state index in [2.05, 4.69) is 28.6 Å². The number of aliphatic hydroxyl groups is 1. The first-order valence-corrected chi connectivity index (χ1v) is 10.3. The molecule has 0 spiro atoms. The Kier molecular flexibility index (Phi) is 8.84. The van der Waals surface area contributed by atoms with Crippen molar-refractivity contribution in [2.45, 2.75) is 25.0 Å². The predicted octanol–water partition coefficient (Wildman–Crippen LogP) is 0.862. The lowest BCUT2D eigenvalue weighted by atomic mass is 9.73. The van der Waals surface area contributed by atoms with Gasteiger partial charge in [0.25, 0.3) is 0 Å². The number of hydrogen-bond donors (Lipinski definition) is 3. The molecule has 3 fully saturated rings. The van der Waals surface area contributed by atoms with Crippen molar-refractivity contribution < 1.29 is 33.6 Å². The van der Waals surface area contributed by atoms with Gasteiger partial charge in [-0.3, -0.25) is 19.0 Å². The van der Waals surface area contributed by atoms with Crippen LogP contribution in [-0.4, -0.2) is 62.6 Å². The van der Waals surface area contributed by atoms with E-state index in [1.165, 1.54) is 6.42 Å². The molecule has 1 aromatic carbocycles. The lowest BCUT2D eigenvalue weighted by Crippen LogP contribution is -2.54. The fraction of sp³-hybridized carbons (Fsp3) is 0.421. The van der Waals surface area contributed by atoms with Crippen LogP contribution in [0.25, 0.3) is 10.9 Å². The van der Waals surface area contributed by atoms with Gasteiger partial charge >= 0.3 is 10.4 Å². The van der Waals surface area contributed by atoms with Crippen LogP contribution in [0.1, 0.15) is 24.5 Å². The van der Waals surface area contributed by atoms with Crippen LogP contribution in [0.2, 0.25) is 0 Å². The topological polar surface area (TPSA) is 174 Å². The van der Waals surface area contributed by atoms with Gasteiger partial charge in [-0.1, -0.05) is 24.3 Å². The Balaban J connectivity index is 0.000000542. The molecule has 0 saturated carbocycles. The fourth-order valence-electron chi connectivity index (χ4n) is 4.29. The highest BCUT2D eigenvalue weighted by molar-refractivity contribution is 7.79. The van der Waals surface area contributed by atoms with E-state index in [4.69, 9.17) is 17.5 Å². The zero-order valence-corrected chi connectivity index (χ0v) is 16.7. The molecule has 4 heterocycles. The lowest BCUT2D eigenvalue weighted by Gasteiger charge is -2.50. The Morgan fingerprint density at radius 3 is 2.45 bits per heavy atom. The van der Waals surface area contributed by atoms with Gasteiger partial charge in [0.1, 0.15) is 0 Å². The summed E-state index contributed by atoms with van der Waals surface area (Å²) < 4.78 is 31.6. The molecule has 9 nitrogen and oxygen atoms in total. The van der Waals surface area contributed by atoms with E-state index in [0.29, 0.717) is 11.8 Å². The van der Waals surface area contributed by atoms with Crippen LogP contribution in [-0.2, 0) is 10.4 Å². The number of nitrogens with zero attached hydrogens (tertiary/aromatic N) is 2. The van der Waals surface area contributed by atoms with Crippen LogP contribution in [0.4, 0.5) is 0 Å². The number of piperidine rings is 3. The molecule has 3 saturated heterocycles. The minimum Gasteiger partial charge on any atom is -0.412 e. The first-order chi connectivity index (χ1) is 12.8. The van der Waals surface area contributed by atoms with Crippen molar-refractivity contribution in [1.82, 2.24) is 9.88 Å². The molecule has 7 N–H and O–H groups in total. The molecule has 1 unspecified atom stereocenters. The third-order valence-electron chi connectivity index (χ3n) is 5.52. The average Bonchev–Trinajstić information content (AvgIpc) is 2.66. The van der Waals surface area contributed by atoms with E-state index in [9.17, 15) is 5.11 Å². The summed E-state index contributed by atoms with van der Waals surface area (Å²) in [6, 6.07) is 10.3. The van der Waals surface area contributed by atoms with E-state index in [-0.39, 0.29) is 17.0 Å². The normalized spacial score (nSPS) is 26.3. The van der Waals surface area contributed by atoms with Gasteiger partial charge in [-0.2, -0.15) is 8.42 Å². The van der Waals surface area contributed by atoms with Gasteiger partial charge in [-0.05, 0) is 48.9 Å². The van der Waals surface area contributed by atoms with Crippen molar-refractivity contribution in [3.8, 4) is 0 Å². The Bertz CT molecular complexity index is 908. The molecule has 29 heavy (non-hydrogen) atoms. The maximum absolute atomic E-state index is 11.0. The van der Waals surface area contributed by atoms with Gasteiger partial charge in [0.15, 0.2) is 0 Å². The highest BCUT2D eigenvalue weighted by Gasteiger charge is 2.42. The fourth-order valence-corrected chi connectivity index (χ4v) is 4.29. The first-order valence-electron chi connectivity index (χ1n) is 8.86. The Morgan fingerprint density at radius 2 is 1.86 bits per heavy atom. The van der Waals surface area contributed by atoms with Crippen LogP contribution in [0.5, 0.6) is 0 Å². The highest BCUT2D eigenvalue weighted by atomic mass is 32.3. The molecule has 162 valence electrons. The number of aliphatic hydroxyl groups excluding tert-OH is 1. The van der Waals surface area contributed by atoms with Crippen LogP contribution < -0.4 is 0 Å². The van der Waals surface area contributed by atoms with Gasteiger partial charge < -0.3 is 16.1 Å². The highest BCUT2D eigenvalue weighted by Crippen LogP contribution is 2.41. The quantitative estimate of drug-likeness (QED) is 0.480. The molecule has 5 rings (SSSR count). The largest absolute Gasteiger partial charge is 0.412 e. The Hall–Kier alpha value is -1.92. The number of rotatable bonds is 3. The number of aromatic nitrogens is 1. The van der Waals surface area contributed by atoms with E-state index in [1.807, 2.05) is 30.5 Å². The number of fused-ring (bicyclic) bond motifs is 4. The number of pyridine rings is 1. The third kappa shape index (κ3) is 6.03. The second-order valence-electron chi connectivity index (χ2n) is 7.06. The molecule has 0 radical (unpaired) electrons. The Labute approximate surface area is 169 Å². The molecule has 0 amide bonds. The maximum Gasteiger partial charge on any atom is 0.394 e. The van der Waals surface area contributed by atoms with Crippen molar-refractivity contribution in [2.24, 2.45) is 11.8 Å². The summed E-state index contributed by atoms with van der Waals surface area (Å²) in [4.78, 5) is 6.86. The molecular formula is C19H28N2O7S. The van der Waals surface area contributed by atoms with Crippen molar-refractivity contribution in [1.29, 1.82) is 0 Å². The third-order valence-corrected chi connectivity index (χ3v) is 5.52. The molecule has 5 atom stereocenters. The van der Waals surface area contributed by atoms with Crippen LogP contribution in [0.3, 0.4) is 0 Å². The minimum absolute atomic E-state index is 0. The monoisotopic (exact) mass is 428 g/mol. The number of benzene rings is 1. The van der Waals surface area contributed by atoms with Gasteiger partial charge in [0, 0.05) is 24.2 Å². The molecule has 3 aliphatic rings. The molecule has 10 heteroatoms. The molecule has 1 aromatic heterocycles. The molecule has 2 bridgehead atoms. The van der Waals surface area contributed by atoms with Crippen LogP contribution in [0, 0.1) is 11.8 Å². The molecular weight excluding hydrogens is 400 g/mol. The van der Waals surface area contributed by atoms with E-state index >= 15 is 0 Å². The zero-order valence-electron chi connectivity index (χ0n) is 15.8. The standard InChI is InChI=1S/C19H22N2O.H2O4S.2H2O/c1-2-13-12-21-10-8-14(13)11-18(21)19(22)16-7-9-20-17-6-4-3-5-15(16)17;1-5(2,3)4;;/h2-7,9,13-14,18-19,22H,1,8,10-12H2;(H2,1,2,3,4);2*1H2/t13-,14-,18-,19+;;;/m0.../s1. The average molecular weight is 429 g/mol. The lowest BCUT2D eigenvalue weighted by molar-refractivity contribution is -0.0444. The summed E-state index contributed by atoms with van der Waals surface area (Å²) in [6.45, 7) is 6.11. The minimum atomic E-state index is -4.67. The van der Waals surface area contributed by atoms with Crippen molar-refractivity contribution in [3.05, 3.63) is 54.7 Å². The summed E-state index contributed by atoms with van der Waals surface area (Å²) in [5.41, 5.74) is 1.97. The van der Waals surface area contributed by atoms with E-state index in [1.54, 1.807) is 0 Å². The summed E-state index contributed by atoms with van der Waals surface area (Å²) >= 11 is 0. The van der Waals surface area contributed by atoms with Crippen LogP contribution in [0.15, 0.2) is 49.2 Å². The first kappa shape index (κ1) is 25.1. The second kappa shape index (κ2) is 10.2.